The summed E-state index contributed by atoms with van der Waals surface area (Å²) in [6.45, 7) is -0.362. The van der Waals surface area contributed by atoms with Crippen LogP contribution in [0.25, 0.3) is 11.2 Å². The lowest BCUT2D eigenvalue weighted by Crippen LogP contribution is -2.34. The highest BCUT2D eigenvalue weighted by Crippen LogP contribution is 2.33. The normalized spacial score (nSPS) is 30.8. The van der Waals surface area contributed by atoms with Crippen molar-refractivity contribution >= 4 is 17.0 Å². The second-order valence-corrected chi connectivity index (χ2v) is 4.45. The number of rotatable bonds is 3. The summed E-state index contributed by atoms with van der Waals surface area (Å²) in [6.07, 6.45) is -0.682. The van der Waals surface area contributed by atoms with E-state index in [2.05, 4.69) is 15.0 Å². The molecular weight excluding hydrogens is 266 g/mol. The molecule has 0 unspecified atom stereocenters. The molecule has 0 spiro atoms. The van der Waals surface area contributed by atoms with Crippen molar-refractivity contribution in [3.05, 3.63) is 12.7 Å². The number of aliphatic hydroxyl groups is 2. The topological polar surface area (TPSA) is 129 Å². The summed E-state index contributed by atoms with van der Waals surface area (Å²) < 4.78 is 19.5. The van der Waals surface area contributed by atoms with E-state index in [1.807, 2.05) is 0 Å². The van der Waals surface area contributed by atoms with Crippen molar-refractivity contribution in [3.63, 3.8) is 0 Å². The van der Waals surface area contributed by atoms with Crippen LogP contribution in [-0.2, 0) is 9.47 Å². The van der Waals surface area contributed by atoms with Gasteiger partial charge in [-0.15, -0.1) is 0 Å². The van der Waals surface area contributed by atoms with E-state index in [-0.39, 0.29) is 19.5 Å². The van der Waals surface area contributed by atoms with Crippen LogP contribution in [0.3, 0.4) is 0 Å². The zero-order valence-electron chi connectivity index (χ0n) is 11.5. The molecule has 2 aromatic rings. The Balaban J connectivity index is 2.02. The van der Waals surface area contributed by atoms with E-state index < -0.39 is 24.5 Å². The smallest absolute Gasteiger partial charge is 0.167 e. The highest BCUT2D eigenvalue weighted by molar-refractivity contribution is 5.81. The highest BCUT2D eigenvalue weighted by atomic mass is 16.6. The van der Waals surface area contributed by atoms with Crippen molar-refractivity contribution in [1.29, 1.82) is 0 Å². The van der Waals surface area contributed by atoms with Crippen molar-refractivity contribution in [3.8, 4) is 0 Å². The van der Waals surface area contributed by atoms with E-state index in [9.17, 15) is 10.2 Å². The van der Waals surface area contributed by atoms with Gasteiger partial charge in [0, 0.05) is 7.09 Å². The molecule has 0 bridgehead atoms. The lowest BCUT2D eigenvalue weighted by Gasteiger charge is -2.19. The highest BCUT2D eigenvalue weighted by Gasteiger charge is 2.45. The molecule has 0 aromatic carbocycles. The van der Waals surface area contributed by atoms with Crippen molar-refractivity contribution in [1.82, 2.24) is 19.5 Å². The second-order valence-electron chi connectivity index (χ2n) is 4.45. The molecule has 1 saturated heterocycles. The standard InChI is InChI=1S/C11H15N5O4/c1-19-8-7(18)5(2-17)20-11(8)16-4-15-6-9(12)13-3-14-10(6)16/h3-5,7-8,11,17-18H,2H2,1H3,(H2,12,13,14)/t5-,7-,8-,11-/m1/s1/i1D. The number of aliphatic hydroxyl groups excluding tert-OH is 2. The van der Waals surface area contributed by atoms with Gasteiger partial charge in [-0.25, -0.2) is 15.0 Å². The van der Waals surface area contributed by atoms with Crippen LogP contribution in [0.15, 0.2) is 12.7 Å². The summed E-state index contributed by atoms with van der Waals surface area (Å²) >= 11 is 0. The van der Waals surface area contributed by atoms with Crippen LogP contribution in [-0.4, -0.2) is 61.7 Å². The Bertz CT molecular complexity index is 638. The summed E-state index contributed by atoms with van der Waals surface area (Å²) in [5.74, 6) is 0.231. The number of anilines is 1. The molecule has 3 heterocycles. The molecule has 2 aromatic heterocycles. The van der Waals surface area contributed by atoms with Crippen molar-refractivity contribution in [2.75, 3.05) is 19.4 Å². The van der Waals surface area contributed by atoms with Gasteiger partial charge in [-0.3, -0.25) is 4.57 Å². The number of fused-ring (bicyclic) bond motifs is 1. The van der Waals surface area contributed by atoms with E-state index in [1.165, 1.54) is 12.7 Å². The van der Waals surface area contributed by atoms with Crippen LogP contribution in [0, 0.1) is 0 Å². The van der Waals surface area contributed by atoms with Gasteiger partial charge in [-0.2, -0.15) is 0 Å². The quantitative estimate of drug-likeness (QED) is 0.632. The molecule has 1 aliphatic heterocycles. The van der Waals surface area contributed by atoms with Crippen LogP contribution in [0.1, 0.15) is 7.60 Å². The van der Waals surface area contributed by atoms with Gasteiger partial charge in [0.1, 0.15) is 30.2 Å². The maximum absolute atomic E-state index is 10.1. The molecule has 20 heavy (non-hydrogen) atoms. The Kier molecular flexibility index (Phi) is 2.96. The van der Waals surface area contributed by atoms with Crippen molar-refractivity contribution in [2.24, 2.45) is 0 Å². The zero-order chi connectivity index (χ0) is 15.0. The fourth-order valence-corrected chi connectivity index (χ4v) is 2.33. The molecule has 0 aliphatic carbocycles. The Hall–Kier alpha value is -1.81. The average molecular weight is 282 g/mol. The average Bonchev–Trinajstić information content (AvgIpc) is 3.03. The minimum absolute atomic E-state index is 0.231. The third kappa shape index (κ3) is 1.83. The van der Waals surface area contributed by atoms with Crippen LogP contribution >= 0.6 is 0 Å². The van der Waals surface area contributed by atoms with Gasteiger partial charge in [-0.05, 0) is 0 Å². The van der Waals surface area contributed by atoms with Gasteiger partial charge in [0.25, 0.3) is 0 Å². The molecule has 3 rings (SSSR count). The maximum atomic E-state index is 10.1. The van der Waals surface area contributed by atoms with E-state index in [0.29, 0.717) is 11.2 Å². The molecule has 0 radical (unpaired) electrons. The fourth-order valence-electron chi connectivity index (χ4n) is 2.33. The number of methoxy groups -OCH3 is 1. The first-order chi connectivity index (χ1) is 10.2. The Morgan fingerprint density at radius 2 is 2.40 bits per heavy atom. The molecule has 9 nitrogen and oxygen atoms in total. The first kappa shape index (κ1) is 12.0. The number of nitrogen functional groups attached to an aromatic ring is 1. The minimum atomic E-state index is -1.05. The summed E-state index contributed by atoms with van der Waals surface area (Å²) in [7, 11) is -0.344. The lowest BCUT2D eigenvalue weighted by atomic mass is 10.1. The van der Waals surface area contributed by atoms with Crippen LogP contribution in [0.2, 0.25) is 0 Å². The van der Waals surface area contributed by atoms with Gasteiger partial charge in [0.15, 0.2) is 17.7 Å². The Labute approximate surface area is 115 Å². The van der Waals surface area contributed by atoms with Gasteiger partial charge in [0.05, 0.1) is 14.3 Å². The summed E-state index contributed by atoms with van der Waals surface area (Å²) in [4.78, 5) is 12.1. The summed E-state index contributed by atoms with van der Waals surface area (Å²) in [5, 5.41) is 19.3. The van der Waals surface area contributed by atoms with Gasteiger partial charge >= 0.3 is 0 Å². The van der Waals surface area contributed by atoms with Crippen LogP contribution in [0.5, 0.6) is 0 Å². The predicted molar refractivity (Wildman–Crippen MR) is 67.5 cm³/mol. The number of nitrogens with zero attached hydrogens (tertiary/aromatic N) is 4. The lowest BCUT2D eigenvalue weighted by molar-refractivity contribution is -0.0583. The molecule has 1 fully saturated rings. The minimum Gasteiger partial charge on any atom is -0.394 e. The van der Waals surface area contributed by atoms with Gasteiger partial charge in [-0.1, -0.05) is 0 Å². The summed E-state index contributed by atoms with van der Waals surface area (Å²) in [6, 6.07) is 0. The zero-order valence-corrected chi connectivity index (χ0v) is 10.5. The molecule has 0 amide bonds. The number of nitrogens with two attached hydrogens (primary N) is 1. The van der Waals surface area contributed by atoms with Crippen LogP contribution < -0.4 is 5.73 Å². The number of hydrogen-bond donors (Lipinski definition) is 3. The molecule has 108 valence electrons. The molecular formula is C11H15N5O4. The first-order valence-corrected chi connectivity index (χ1v) is 5.95. The molecule has 9 heteroatoms. The second kappa shape index (κ2) is 4.94. The van der Waals surface area contributed by atoms with Crippen LogP contribution in [0.4, 0.5) is 5.82 Å². The van der Waals surface area contributed by atoms with E-state index in [0.717, 1.165) is 0 Å². The van der Waals surface area contributed by atoms with Crippen molar-refractivity contribution < 1.29 is 21.1 Å². The molecule has 0 saturated carbocycles. The molecule has 4 N–H and O–H groups in total. The monoisotopic (exact) mass is 282 g/mol. The Morgan fingerprint density at radius 3 is 3.15 bits per heavy atom. The third-order valence-electron chi connectivity index (χ3n) is 3.35. The third-order valence-corrected chi connectivity index (χ3v) is 3.35. The maximum Gasteiger partial charge on any atom is 0.167 e. The van der Waals surface area contributed by atoms with Crippen molar-refractivity contribution in [2.45, 2.75) is 24.5 Å². The van der Waals surface area contributed by atoms with Gasteiger partial charge < -0.3 is 25.4 Å². The number of hydrogen-bond acceptors (Lipinski definition) is 8. The SMILES string of the molecule is [2H]CO[C@@H]1[C@H](O)[C@@H](CO)O[C@H]1n1cnc2c(N)ncnc21. The fraction of sp³-hybridized carbons (Fsp3) is 0.545. The first-order valence-electron chi connectivity index (χ1n) is 6.66. The predicted octanol–water partition coefficient (Wildman–Crippen LogP) is -1.33. The van der Waals surface area contributed by atoms with Gasteiger partial charge in [0.2, 0.25) is 0 Å². The number of ether oxygens (including phenoxy) is 2. The molecule has 1 aliphatic rings. The van der Waals surface area contributed by atoms with E-state index in [1.54, 1.807) is 4.57 Å². The van der Waals surface area contributed by atoms with E-state index in [4.69, 9.17) is 16.6 Å². The van der Waals surface area contributed by atoms with E-state index >= 15 is 0 Å². The largest absolute Gasteiger partial charge is 0.394 e. The summed E-state index contributed by atoms with van der Waals surface area (Å²) in [5.41, 5.74) is 6.56. The molecule has 4 atom stereocenters. The number of imidazole rings is 1. The Morgan fingerprint density at radius 1 is 1.55 bits per heavy atom. The number of aromatic nitrogens is 4.